The molecule has 1 aliphatic heterocycles. The van der Waals surface area contributed by atoms with Crippen molar-refractivity contribution in [1.82, 2.24) is 15.5 Å². The summed E-state index contributed by atoms with van der Waals surface area (Å²) in [6.07, 6.45) is 0. The average molecular weight is 229 g/mol. The number of carboxylic acid groups (broad SMARTS) is 1. The number of piperazine rings is 1. The highest BCUT2D eigenvalue weighted by atomic mass is 16.4. The number of carbonyl (C=O) groups excluding carboxylic acids is 1. The quantitative estimate of drug-likeness (QED) is 0.621. The normalized spacial score (nSPS) is 18.3. The first kappa shape index (κ1) is 12.8. The molecule has 3 N–H and O–H groups in total. The fourth-order valence-corrected chi connectivity index (χ4v) is 1.61. The van der Waals surface area contributed by atoms with E-state index in [1.165, 1.54) is 0 Å². The lowest BCUT2D eigenvalue weighted by Crippen LogP contribution is -2.54. The molecule has 6 heteroatoms. The van der Waals surface area contributed by atoms with Crippen molar-refractivity contribution >= 4 is 12.0 Å². The van der Waals surface area contributed by atoms with Crippen molar-refractivity contribution in [3.8, 4) is 0 Å². The van der Waals surface area contributed by atoms with Gasteiger partial charge in [-0.25, -0.2) is 9.59 Å². The minimum absolute atomic E-state index is 0.121. The second-order valence-electron chi connectivity index (χ2n) is 4.25. The largest absolute Gasteiger partial charge is 0.480 e. The molecule has 2 amide bonds. The van der Waals surface area contributed by atoms with E-state index in [0.29, 0.717) is 13.1 Å². The van der Waals surface area contributed by atoms with E-state index in [2.05, 4.69) is 10.6 Å². The van der Waals surface area contributed by atoms with Crippen molar-refractivity contribution in [2.75, 3.05) is 26.2 Å². The van der Waals surface area contributed by atoms with Gasteiger partial charge in [0, 0.05) is 26.2 Å². The number of carboxylic acids is 1. The maximum atomic E-state index is 11.7. The van der Waals surface area contributed by atoms with Gasteiger partial charge >= 0.3 is 12.0 Å². The molecule has 1 atom stereocenters. The Morgan fingerprint density at radius 3 is 2.31 bits per heavy atom. The maximum Gasteiger partial charge on any atom is 0.326 e. The summed E-state index contributed by atoms with van der Waals surface area (Å²) in [4.78, 5) is 24.3. The van der Waals surface area contributed by atoms with E-state index in [-0.39, 0.29) is 11.9 Å². The third-order valence-corrected chi connectivity index (χ3v) is 2.62. The van der Waals surface area contributed by atoms with Crippen molar-refractivity contribution in [2.24, 2.45) is 5.92 Å². The number of nitrogens with one attached hydrogen (secondary N) is 2. The lowest BCUT2D eigenvalue weighted by Gasteiger charge is -2.29. The molecular formula is C10H19N3O3. The molecule has 16 heavy (non-hydrogen) atoms. The third-order valence-electron chi connectivity index (χ3n) is 2.62. The van der Waals surface area contributed by atoms with Gasteiger partial charge in [0.2, 0.25) is 0 Å². The second-order valence-corrected chi connectivity index (χ2v) is 4.25. The third kappa shape index (κ3) is 3.37. The molecule has 0 aliphatic carbocycles. The van der Waals surface area contributed by atoms with E-state index in [0.717, 1.165) is 13.1 Å². The predicted molar refractivity (Wildman–Crippen MR) is 59.2 cm³/mol. The van der Waals surface area contributed by atoms with Crippen molar-refractivity contribution in [1.29, 1.82) is 0 Å². The molecule has 0 aromatic rings. The molecular weight excluding hydrogens is 210 g/mol. The van der Waals surface area contributed by atoms with Crippen LogP contribution in [0.3, 0.4) is 0 Å². The highest BCUT2D eigenvalue weighted by molar-refractivity contribution is 5.82. The number of amides is 2. The van der Waals surface area contributed by atoms with Gasteiger partial charge in [0.1, 0.15) is 6.04 Å². The molecule has 0 radical (unpaired) electrons. The number of rotatable bonds is 3. The Bertz CT molecular complexity index is 262. The number of hydrogen-bond donors (Lipinski definition) is 3. The Kier molecular flexibility index (Phi) is 4.54. The molecule has 0 unspecified atom stereocenters. The van der Waals surface area contributed by atoms with Crippen molar-refractivity contribution in [3.05, 3.63) is 0 Å². The van der Waals surface area contributed by atoms with E-state index in [9.17, 15) is 9.59 Å². The number of carbonyl (C=O) groups is 2. The van der Waals surface area contributed by atoms with Crippen LogP contribution in [0.25, 0.3) is 0 Å². The first-order valence-electron chi connectivity index (χ1n) is 5.51. The minimum Gasteiger partial charge on any atom is -0.480 e. The summed E-state index contributed by atoms with van der Waals surface area (Å²) >= 11 is 0. The minimum atomic E-state index is -0.988. The van der Waals surface area contributed by atoms with Crippen LogP contribution >= 0.6 is 0 Å². The Morgan fingerprint density at radius 1 is 1.31 bits per heavy atom. The van der Waals surface area contributed by atoms with Crippen LogP contribution in [0.1, 0.15) is 13.8 Å². The van der Waals surface area contributed by atoms with Gasteiger partial charge in [-0.05, 0) is 5.92 Å². The summed E-state index contributed by atoms with van der Waals surface area (Å²) in [6, 6.07) is -1.11. The standard InChI is InChI=1S/C10H19N3O3/c1-7(2)8(9(14)15)12-10(16)13-5-3-11-4-6-13/h7-8,11H,3-6H2,1-2H3,(H,12,16)(H,14,15)/t8-/m1/s1. The van der Waals surface area contributed by atoms with Crippen LogP contribution in [0.4, 0.5) is 4.79 Å². The zero-order valence-corrected chi connectivity index (χ0v) is 9.69. The van der Waals surface area contributed by atoms with Crippen molar-refractivity contribution in [2.45, 2.75) is 19.9 Å². The number of aliphatic carboxylic acids is 1. The van der Waals surface area contributed by atoms with Gasteiger partial charge in [-0.2, -0.15) is 0 Å². The molecule has 0 aromatic heterocycles. The summed E-state index contributed by atoms with van der Waals surface area (Å²) in [7, 11) is 0. The van der Waals surface area contributed by atoms with Crippen LogP contribution in [0.15, 0.2) is 0 Å². The van der Waals surface area contributed by atoms with E-state index in [1.807, 2.05) is 0 Å². The van der Waals surface area contributed by atoms with Crippen LogP contribution in [-0.4, -0.2) is 54.2 Å². The van der Waals surface area contributed by atoms with Crippen LogP contribution in [-0.2, 0) is 4.79 Å². The molecule has 0 saturated carbocycles. The van der Waals surface area contributed by atoms with E-state index in [4.69, 9.17) is 5.11 Å². The molecule has 1 saturated heterocycles. The van der Waals surface area contributed by atoms with E-state index >= 15 is 0 Å². The van der Waals surface area contributed by atoms with E-state index < -0.39 is 12.0 Å². The van der Waals surface area contributed by atoms with Gasteiger partial charge in [0.05, 0.1) is 0 Å². The zero-order chi connectivity index (χ0) is 12.1. The zero-order valence-electron chi connectivity index (χ0n) is 9.69. The molecule has 0 aromatic carbocycles. The van der Waals surface area contributed by atoms with Gasteiger partial charge in [-0.15, -0.1) is 0 Å². The summed E-state index contributed by atoms with van der Waals surface area (Å²) in [6.45, 7) is 6.31. The molecule has 92 valence electrons. The molecule has 0 bridgehead atoms. The lowest BCUT2D eigenvalue weighted by molar-refractivity contribution is -0.140. The average Bonchev–Trinajstić information content (AvgIpc) is 2.25. The van der Waals surface area contributed by atoms with Crippen molar-refractivity contribution in [3.63, 3.8) is 0 Å². The lowest BCUT2D eigenvalue weighted by atomic mass is 10.1. The summed E-state index contributed by atoms with van der Waals surface area (Å²) in [5.41, 5.74) is 0. The van der Waals surface area contributed by atoms with Crippen LogP contribution in [0.5, 0.6) is 0 Å². The number of nitrogens with zero attached hydrogens (tertiary/aromatic N) is 1. The fraction of sp³-hybridized carbons (Fsp3) is 0.800. The topological polar surface area (TPSA) is 81.7 Å². The SMILES string of the molecule is CC(C)[C@@H](NC(=O)N1CCNCC1)C(=O)O. The highest BCUT2D eigenvalue weighted by Gasteiger charge is 2.26. The van der Waals surface area contributed by atoms with Gasteiger partial charge < -0.3 is 20.6 Å². The van der Waals surface area contributed by atoms with Crippen LogP contribution < -0.4 is 10.6 Å². The molecule has 1 aliphatic rings. The first-order valence-corrected chi connectivity index (χ1v) is 5.51. The van der Waals surface area contributed by atoms with Crippen molar-refractivity contribution < 1.29 is 14.7 Å². The molecule has 0 spiro atoms. The highest BCUT2D eigenvalue weighted by Crippen LogP contribution is 2.03. The predicted octanol–water partition coefficient (Wildman–Crippen LogP) is -0.290. The fourth-order valence-electron chi connectivity index (χ4n) is 1.61. The van der Waals surface area contributed by atoms with Gasteiger partial charge in [0.15, 0.2) is 0 Å². The number of urea groups is 1. The Hall–Kier alpha value is -1.30. The Balaban J connectivity index is 2.50. The van der Waals surface area contributed by atoms with Gasteiger partial charge in [-0.1, -0.05) is 13.8 Å². The Morgan fingerprint density at radius 2 is 1.88 bits per heavy atom. The molecule has 1 rings (SSSR count). The number of hydrogen-bond acceptors (Lipinski definition) is 3. The van der Waals surface area contributed by atoms with Crippen LogP contribution in [0, 0.1) is 5.92 Å². The molecule has 1 heterocycles. The smallest absolute Gasteiger partial charge is 0.326 e. The second kappa shape index (κ2) is 5.69. The summed E-state index contributed by atoms with van der Waals surface area (Å²) in [5, 5.41) is 14.6. The van der Waals surface area contributed by atoms with Gasteiger partial charge in [-0.3, -0.25) is 0 Å². The maximum absolute atomic E-state index is 11.7. The Labute approximate surface area is 95.0 Å². The summed E-state index contributed by atoms with van der Waals surface area (Å²) < 4.78 is 0. The first-order chi connectivity index (χ1) is 7.52. The van der Waals surface area contributed by atoms with E-state index in [1.54, 1.807) is 18.7 Å². The monoisotopic (exact) mass is 229 g/mol. The molecule has 1 fully saturated rings. The van der Waals surface area contributed by atoms with Crippen LogP contribution in [0.2, 0.25) is 0 Å². The molecule has 6 nitrogen and oxygen atoms in total. The summed E-state index contributed by atoms with van der Waals surface area (Å²) in [5.74, 6) is -1.11. The van der Waals surface area contributed by atoms with Gasteiger partial charge in [0.25, 0.3) is 0 Å².